The zero-order valence-electron chi connectivity index (χ0n) is 15.1. The van der Waals surface area contributed by atoms with E-state index in [2.05, 4.69) is 0 Å². The third-order valence-electron chi connectivity index (χ3n) is 4.87. The Labute approximate surface area is 169 Å². The van der Waals surface area contributed by atoms with Gasteiger partial charge in [-0.3, -0.25) is 4.79 Å². The molecule has 1 unspecified atom stereocenters. The van der Waals surface area contributed by atoms with Gasteiger partial charge in [0.2, 0.25) is 0 Å². The summed E-state index contributed by atoms with van der Waals surface area (Å²) in [5.74, 6) is -0.257. The average Bonchev–Trinajstić information content (AvgIpc) is 2.88. The lowest BCUT2D eigenvalue weighted by atomic mass is 9.92. The fraction of sp³-hybridized carbons (Fsp3) is 0.550. The zero-order chi connectivity index (χ0) is 19.8. The van der Waals surface area contributed by atoms with Crippen molar-refractivity contribution >= 4 is 29.2 Å². The summed E-state index contributed by atoms with van der Waals surface area (Å²) in [5.41, 5.74) is 0.667. The number of benzene rings is 1. The van der Waals surface area contributed by atoms with Crippen LogP contribution in [0.1, 0.15) is 37.7 Å². The lowest BCUT2D eigenvalue weighted by molar-refractivity contribution is -0.137. The van der Waals surface area contributed by atoms with Crippen LogP contribution in [0.4, 0.5) is 0 Å². The molecule has 5 nitrogen and oxygen atoms in total. The largest absolute Gasteiger partial charge is 0.493 e. The monoisotopic (exact) mass is 416 g/mol. The number of rotatable bonds is 10. The summed E-state index contributed by atoms with van der Waals surface area (Å²) in [4.78, 5) is 10.5. The van der Waals surface area contributed by atoms with Crippen LogP contribution in [0.3, 0.4) is 0 Å². The number of aliphatic carboxylic acids is 1. The molecule has 0 heterocycles. The van der Waals surface area contributed by atoms with Crippen LogP contribution in [0.15, 0.2) is 30.4 Å². The second kappa shape index (κ2) is 10.9. The average molecular weight is 417 g/mol. The van der Waals surface area contributed by atoms with Crippen molar-refractivity contribution in [3.05, 3.63) is 40.9 Å². The summed E-state index contributed by atoms with van der Waals surface area (Å²) in [6, 6.07) is 5.08. The molecule has 0 aliphatic heterocycles. The van der Waals surface area contributed by atoms with Crippen LogP contribution < -0.4 is 4.74 Å². The fourth-order valence-corrected chi connectivity index (χ4v) is 4.14. The summed E-state index contributed by atoms with van der Waals surface area (Å²) in [5, 5.41) is 28.6. The quantitative estimate of drug-likeness (QED) is 0.304. The molecule has 1 aromatic carbocycles. The molecule has 3 N–H and O–H groups in total. The van der Waals surface area contributed by atoms with Gasteiger partial charge in [-0.1, -0.05) is 23.8 Å². The van der Waals surface area contributed by atoms with Crippen LogP contribution in [0, 0.1) is 11.8 Å². The molecule has 7 heteroatoms. The Morgan fingerprint density at radius 1 is 1.26 bits per heavy atom. The van der Waals surface area contributed by atoms with Gasteiger partial charge in [-0.2, -0.15) is 0 Å². The molecule has 0 spiro atoms. The first kappa shape index (κ1) is 22.0. The van der Waals surface area contributed by atoms with E-state index in [-0.39, 0.29) is 30.2 Å². The van der Waals surface area contributed by atoms with E-state index in [1.165, 1.54) is 0 Å². The molecule has 0 radical (unpaired) electrons. The third-order valence-corrected chi connectivity index (χ3v) is 5.59. The molecule has 1 aromatic rings. The number of unbranched alkanes of at least 4 members (excludes halogenated alkanes) is 1. The van der Waals surface area contributed by atoms with E-state index in [0.29, 0.717) is 48.6 Å². The van der Waals surface area contributed by atoms with E-state index in [9.17, 15) is 15.0 Å². The number of carboxylic acid groups (broad SMARTS) is 1. The van der Waals surface area contributed by atoms with Crippen LogP contribution >= 0.6 is 23.2 Å². The molecule has 2 rings (SSSR count). The minimum absolute atomic E-state index is 0.0777. The molecule has 1 fully saturated rings. The standard InChI is InChI=1S/C20H26Cl2O5/c21-14-7-13(11-23)8-15(9-14)27-12-17-16(18(22)10-19(17)24)5-3-1-2-4-6-20(25)26/h1,3,7-9,16-19,23-24H,2,4-6,10-12H2,(H,25,26)/b3-1-/t16-,17?,18-,19-/m1/s1. The second-order valence-electron chi connectivity index (χ2n) is 6.90. The Morgan fingerprint density at radius 3 is 2.74 bits per heavy atom. The number of carbonyl (C=O) groups is 1. The molecule has 27 heavy (non-hydrogen) atoms. The molecular formula is C20H26Cl2O5. The highest BCUT2D eigenvalue weighted by molar-refractivity contribution is 6.30. The van der Waals surface area contributed by atoms with Gasteiger partial charge in [0.1, 0.15) is 5.75 Å². The van der Waals surface area contributed by atoms with Crippen molar-refractivity contribution in [3.63, 3.8) is 0 Å². The normalized spacial score (nSPS) is 25.2. The molecule has 1 saturated carbocycles. The Bertz CT molecular complexity index is 649. The Kier molecular flexibility index (Phi) is 8.90. The van der Waals surface area contributed by atoms with E-state index in [4.69, 9.17) is 33.0 Å². The highest BCUT2D eigenvalue weighted by atomic mass is 35.5. The van der Waals surface area contributed by atoms with Gasteiger partial charge in [-0.05, 0) is 55.4 Å². The van der Waals surface area contributed by atoms with E-state index in [1.54, 1.807) is 18.2 Å². The number of ether oxygens (including phenoxy) is 1. The Hall–Kier alpha value is -1.27. The van der Waals surface area contributed by atoms with Gasteiger partial charge in [0.15, 0.2) is 0 Å². The van der Waals surface area contributed by atoms with Gasteiger partial charge >= 0.3 is 5.97 Å². The molecule has 0 amide bonds. The molecule has 150 valence electrons. The number of allylic oxidation sites excluding steroid dienone is 2. The van der Waals surface area contributed by atoms with E-state index in [1.807, 2.05) is 12.2 Å². The number of hydrogen-bond acceptors (Lipinski definition) is 4. The van der Waals surface area contributed by atoms with Crippen LogP contribution in [-0.4, -0.2) is 39.4 Å². The van der Waals surface area contributed by atoms with Crippen molar-refractivity contribution < 1.29 is 24.9 Å². The Morgan fingerprint density at radius 2 is 2.04 bits per heavy atom. The van der Waals surface area contributed by atoms with Gasteiger partial charge in [0.05, 0.1) is 19.3 Å². The minimum atomic E-state index is -0.786. The minimum Gasteiger partial charge on any atom is -0.493 e. The number of halogens is 2. The number of alkyl halides is 1. The topological polar surface area (TPSA) is 87.0 Å². The van der Waals surface area contributed by atoms with Crippen molar-refractivity contribution in [2.75, 3.05) is 6.61 Å². The molecule has 0 saturated heterocycles. The van der Waals surface area contributed by atoms with Crippen LogP contribution in [0.2, 0.25) is 5.02 Å². The predicted molar refractivity (Wildman–Crippen MR) is 105 cm³/mol. The molecule has 0 aromatic heterocycles. The van der Waals surface area contributed by atoms with Crippen molar-refractivity contribution in [1.82, 2.24) is 0 Å². The maximum absolute atomic E-state index is 10.5. The molecule has 1 aliphatic rings. The lowest BCUT2D eigenvalue weighted by Crippen LogP contribution is -2.27. The van der Waals surface area contributed by atoms with Gasteiger partial charge < -0.3 is 20.1 Å². The number of aliphatic hydroxyl groups excluding tert-OH is 2. The highest BCUT2D eigenvalue weighted by Gasteiger charge is 2.41. The van der Waals surface area contributed by atoms with Gasteiger partial charge in [-0.15, -0.1) is 11.6 Å². The van der Waals surface area contributed by atoms with Crippen LogP contribution in [0.25, 0.3) is 0 Å². The number of aliphatic hydroxyl groups is 2. The van der Waals surface area contributed by atoms with Crippen LogP contribution in [-0.2, 0) is 11.4 Å². The fourth-order valence-electron chi connectivity index (χ4n) is 3.42. The Balaban J connectivity index is 1.90. The summed E-state index contributed by atoms with van der Waals surface area (Å²) < 4.78 is 5.83. The predicted octanol–water partition coefficient (Wildman–Crippen LogP) is 4.02. The molecule has 4 atom stereocenters. The SMILES string of the molecule is O=C(O)CCC/C=C\C[C@@H]1C(COc2cc(Cl)cc(CO)c2)[C@H](O)C[C@H]1Cl. The summed E-state index contributed by atoms with van der Waals surface area (Å²) >= 11 is 12.4. The van der Waals surface area contributed by atoms with Crippen molar-refractivity contribution in [1.29, 1.82) is 0 Å². The summed E-state index contributed by atoms with van der Waals surface area (Å²) in [7, 11) is 0. The molecule has 0 bridgehead atoms. The maximum atomic E-state index is 10.5. The number of hydrogen-bond donors (Lipinski definition) is 3. The summed E-state index contributed by atoms with van der Waals surface area (Å²) in [6.45, 7) is 0.190. The zero-order valence-corrected chi connectivity index (χ0v) is 16.6. The first-order valence-electron chi connectivity index (χ1n) is 9.12. The van der Waals surface area contributed by atoms with E-state index < -0.39 is 12.1 Å². The number of carboxylic acids is 1. The summed E-state index contributed by atoms with van der Waals surface area (Å²) in [6.07, 6.45) is 6.16. The van der Waals surface area contributed by atoms with E-state index in [0.717, 1.165) is 0 Å². The van der Waals surface area contributed by atoms with Crippen molar-refractivity contribution in [3.8, 4) is 5.75 Å². The van der Waals surface area contributed by atoms with Gasteiger partial charge in [0, 0.05) is 22.7 Å². The highest BCUT2D eigenvalue weighted by Crippen LogP contribution is 2.39. The smallest absolute Gasteiger partial charge is 0.303 e. The first-order valence-corrected chi connectivity index (χ1v) is 9.94. The van der Waals surface area contributed by atoms with Crippen LogP contribution in [0.5, 0.6) is 5.75 Å². The van der Waals surface area contributed by atoms with Crippen molar-refractivity contribution in [2.45, 2.75) is 50.2 Å². The molecular weight excluding hydrogens is 391 g/mol. The molecule has 1 aliphatic carbocycles. The van der Waals surface area contributed by atoms with Gasteiger partial charge in [-0.25, -0.2) is 0 Å². The third kappa shape index (κ3) is 7.00. The van der Waals surface area contributed by atoms with Gasteiger partial charge in [0.25, 0.3) is 0 Å². The first-order chi connectivity index (χ1) is 12.9. The lowest BCUT2D eigenvalue weighted by Gasteiger charge is -2.23. The second-order valence-corrected chi connectivity index (χ2v) is 7.90. The maximum Gasteiger partial charge on any atom is 0.303 e. The van der Waals surface area contributed by atoms with E-state index >= 15 is 0 Å². The van der Waals surface area contributed by atoms with Crippen molar-refractivity contribution in [2.24, 2.45) is 11.8 Å².